The molecule has 2 N–H and O–H groups in total. The van der Waals surface area contributed by atoms with Crippen LogP contribution in [0.5, 0.6) is 0 Å². The van der Waals surface area contributed by atoms with Gasteiger partial charge in [-0.25, -0.2) is 5.01 Å². The predicted octanol–water partition coefficient (Wildman–Crippen LogP) is 0.729. The van der Waals surface area contributed by atoms with Crippen LogP contribution in [0.4, 0.5) is 0 Å². The molecule has 0 aromatic carbocycles. The fourth-order valence-corrected chi connectivity index (χ4v) is 1.63. The van der Waals surface area contributed by atoms with Crippen LogP contribution in [0, 0.1) is 0 Å². The largest absolute Gasteiger partial charge is 0.329 e. The molecule has 1 radical (unpaired) electrons. The minimum Gasteiger partial charge on any atom is -0.329 e. The Morgan fingerprint density at radius 2 is 2.25 bits per heavy atom. The highest BCUT2D eigenvalue weighted by Gasteiger charge is 2.17. The van der Waals surface area contributed by atoms with Crippen LogP contribution in [0.25, 0.3) is 0 Å². The van der Waals surface area contributed by atoms with E-state index in [9.17, 15) is 0 Å². The molecule has 1 fully saturated rings. The van der Waals surface area contributed by atoms with Crippen molar-refractivity contribution in [2.45, 2.75) is 38.6 Å². The number of rotatable bonds is 3. The molecule has 1 saturated heterocycles. The average Bonchev–Trinajstić information content (AvgIpc) is 2.35. The molecule has 0 bridgehead atoms. The molecule has 0 amide bonds. The van der Waals surface area contributed by atoms with Crippen molar-refractivity contribution >= 4 is 0 Å². The highest BCUT2D eigenvalue weighted by Crippen LogP contribution is 2.08. The lowest BCUT2D eigenvalue weighted by Crippen LogP contribution is -2.44. The number of hydrogen-bond donors (Lipinski definition) is 1. The Morgan fingerprint density at radius 1 is 1.42 bits per heavy atom. The van der Waals surface area contributed by atoms with E-state index in [1.54, 1.807) is 0 Å². The monoisotopic (exact) mass is 170 g/mol. The molecule has 0 spiro atoms. The average molecular weight is 170 g/mol. The molecule has 3 heteroatoms. The molecule has 1 atom stereocenters. The number of hydrogen-bond acceptors (Lipinski definition) is 2. The third kappa shape index (κ3) is 2.73. The summed E-state index contributed by atoms with van der Waals surface area (Å²) in [6.07, 6.45) is 4.96. The van der Waals surface area contributed by atoms with Gasteiger partial charge in [0.25, 0.3) is 0 Å². The van der Waals surface area contributed by atoms with Gasteiger partial charge in [0, 0.05) is 25.7 Å². The highest BCUT2D eigenvalue weighted by atomic mass is 15.5. The van der Waals surface area contributed by atoms with Crippen LogP contribution in [-0.4, -0.2) is 30.7 Å². The van der Waals surface area contributed by atoms with E-state index in [2.05, 4.69) is 17.4 Å². The summed E-state index contributed by atoms with van der Waals surface area (Å²) >= 11 is 0. The van der Waals surface area contributed by atoms with E-state index in [0.717, 1.165) is 26.1 Å². The molecule has 0 aliphatic carbocycles. The Morgan fingerprint density at radius 3 is 2.92 bits per heavy atom. The van der Waals surface area contributed by atoms with E-state index in [1.165, 1.54) is 19.3 Å². The zero-order valence-corrected chi connectivity index (χ0v) is 8.00. The van der Waals surface area contributed by atoms with Crippen LogP contribution in [0.15, 0.2) is 0 Å². The van der Waals surface area contributed by atoms with Crippen molar-refractivity contribution in [3.63, 3.8) is 0 Å². The second kappa shape index (κ2) is 5.51. The Hall–Kier alpha value is -0.120. The molecule has 0 saturated carbocycles. The van der Waals surface area contributed by atoms with Gasteiger partial charge in [-0.1, -0.05) is 13.3 Å². The molecule has 12 heavy (non-hydrogen) atoms. The molecular formula is C9H20N3. The summed E-state index contributed by atoms with van der Waals surface area (Å²) in [5.41, 5.74) is 10.2. The highest BCUT2D eigenvalue weighted by molar-refractivity contribution is 4.69. The van der Waals surface area contributed by atoms with Gasteiger partial charge >= 0.3 is 0 Å². The first-order valence-corrected chi connectivity index (χ1v) is 5.02. The molecular weight excluding hydrogens is 150 g/mol. The van der Waals surface area contributed by atoms with Crippen LogP contribution in [-0.2, 0) is 0 Å². The van der Waals surface area contributed by atoms with Gasteiger partial charge < -0.3 is 5.73 Å². The van der Waals surface area contributed by atoms with Gasteiger partial charge in [0.15, 0.2) is 0 Å². The normalized spacial score (nSPS) is 23.5. The summed E-state index contributed by atoms with van der Waals surface area (Å²) in [6, 6.07) is 0.475. The van der Waals surface area contributed by atoms with E-state index in [4.69, 9.17) is 5.73 Å². The van der Waals surface area contributed by atoms with Crippen LogP contribution in [0.2, 0.25) is 0 Å². The van der Waals surface area contributed by atoms with Crippen LogP contribution in [0.1, 0.15) is 32.6 Å². The lowest BCUT2D eigenvalue weighted by Gasteiger charge is -2.27. The third-order valence-corrected chi connectivity index (χ3v) is 2.49. The quantitative estimate of drug-likeness (QED) is 0.678. The maximum atomic E-state index is 5.66. The summed E-state index contributed by atoms with van der Waals surface area (Å²) in [4.78, 5) is 0. The minimum atomic E-state index is 0.475. The summed E-state index contributed by atoms with van der Waals surface area (Å²) in [6.45, 7) is 5.02. The topological polar surface area (TPSA) is 43.4 Å². The Kier molecular flexibility index (Phi) is 4.58. The maximum Gasteiger partial charge on any atom is 0.0379 e. The lowest BCUT2D eigenvalue weighted by molar-refractivity contribution is 0.127. The second-order valence-corrected chi connectivity index (χ2v) is 3.39. The van der Waals surface area contributed by atoms with Crippen molar-refractivity contribution in [2.75, 3.05) is 19.6 Å². The van der Waals surface area contributed by atoms with E-state index >= 15 is 0 Å². The molecule has 0 aromatic rings. The standard InChI is InChI=1S/C9H20N3/c1-2-9(8-10)12-7-5-3-4-6-11-12/h9H,2-8,10H2,1H3. The van der Waals surface area contributed by atoms with Gasteiger partial charge in [0.1, 0.15) is 0 Å². The smallest absolute Gasteiger partial charge is 0.0379 e. The van der Waals surface area contributed by atoms with Gasteiger partial charge in [0.2, 0.25) is 0 Å². The van der Waals surface area contributed by atoms with Gasteiger partial charge in [-0.2, -0.15) is 5.43 Å². The SMILES string of the molecule is CCC(CN)N1CCCCC[N]1. The third-order valence-electron chi connectivity index (χ3n) is 2.49. The van der Waals surface area contributed by atoms with Gasteiger partial charge in [-0.15, -0.1) is 0 Å². The predicted molar refractivity (Wildman–Crippen MR) is 50.7 cm³/mol. The fourth-order valence-electron chi connectivity index (χ4n) is 1.63. The van der Waals surface area contributed by atoms with Crippen LogP contribution < -0.4 is 11.2 Å². The van der Waals surface area contributed by atoms with E-state index in [-0.39, 0.29) is 0 Å². The summed E-state index contributed by atoms with van der Waals surface area (Å²) in [5.74, 6) is 0. The summed E-state index contributed by atoms with van der Waals surface area (Å²) in [5, 5.41) is 2.20. The van der Waals surface area contributed by atoms with Crippen LogP contribution >= 0.6 is 0 Å². The molecule has 3 nitrogen and oxygen atoms in total. The first-order chi connectivity index (χ1) is 5.88. The zero-order chi connectivity index (χ0) is 8.81. The van der Waals surface area contributed by atoms with Crippen molar-refractivity contribution < 1.29 is 0 Å². The maximum absolute atomic E-state index is 5.66. The molecule has 1 unspecified atom stereocenters. The lowest BCUT2D eigenvalue weighted by atomic mass is 10.2. The van der Waals surface area contributed by atoms with Crippen LogP contribution in [0.3, 0.4) is 0 Å². The Labute approximate surface area is 75.3 Å². The van der Waals surface area contributed by atoms with E-state index in [0.29, 0.717) is 6.04 Å². The number of nitrogens with zero attached hydrogens (tertiary/aromatic N) is 2. The number of nitrogens with two attached hydrogens (primary N) is 1. The summed E-state index contributed by atoms with van der Waals surface area (Å²) in [7, 11) is 0. The molecule has 1 heterocycles. The fraction of sp³-hybridized carbons (Fsp3) is 1.00. The van der Waals surface area contributed by atoms with Gasteiger partial charge in [0.05, 0.1) is 0 Å². The first kappa shape index (κ1) is 9.96. The zero-order valence-electron chi connectivity index (χ0n) is 8.00. The van der Waals surface area contributed by atoms with Crippen molar-refractivity contribution in [3.05, 3.63) is 0 Å². The molecule has 1 aliphatic rings. The summed E-state index contributed by atoms with van der Waals surface area (Å²) < 4.78 is 0. The molecule has 1 rings (SSSR count). The second-order valence-electron chi connectivity index (χ2n) is 3.39. The molecule has 71 valence electrons. The Bertz CT molecular complexity index is 104. The van der Waals surface area contributed by atoms with Gasteiger partial charge in [-0.05, 0) is 19.3 Å². The van der Waals surface area contributed by atoms with Crippen molar-refractivity contribution in [1.29, 1.82) is 0 Å². The van der Waals surface area contributed by atoms with E-state index < -0.39 is 0 Å². The first-order valence-electron chi connectivity index (χ1n) is 5.02. The van der Waals surface area contributed by atoms with E-state index in [1.807, 2.05) is 0 Å². The molecule has 0 aromatic heterocycles. The van der Waals surface area contributed by atoms with Crippen molar-refractivity contribution in [3.8, 4) is 0 Å². The van der Waals surface area contributed by atoms with Gasteiger partial charge in [-0.3, -0.25) is 0 Å². The minimum absolute atomic E-state index is 0.475. The Balaban J connectivity index is 2.35. The van der Waals surface area contributed by atoms with Crippen molar-refractivity contribution in [2.24, 2.45) is 5.73 Å². The molecule has 1 aliphatic heterocycles. The van der Waals surface area contributed by atoms with Crippen molar-refractivity contribution in [1.82, 2.24) is 10.4 Å².